The molecule has 1 N–H and O–H groups in total. The summed E-state index contributed by atoms with van der Waals surface area (Å²) < 4.78 is 20.8. The average Bonchev–Trinajstić information content (AvgIpc) is 2.91. The highest BCUT2D eigenvalue weighted by molar-refractivity contribution is 6.31. The minimum absolute atomic E-state index is 0.0508. The number of ether oxygens (including phenoxy) is 1. The van der Waals surface area contributed by atoms with E-state index < -0.39 is 5.82 Å². The Balaban J connectivity index is 1.55. The summed E-state index contributed by atoms with van der Waals surface area (Å²) in [5.41, 5.74) is 1.01. The number of halogens is 2. The van der Waals surface area contributed by atoms with Gasteiger partial charge in [-0.2, -0.15) is 0 Å². The molecule has 130 valence electrons. The molecule has 2 fully saturated rings. The molecule has 0 unspecified atom stereocenters. The molecule has 1 aromatic carbocycles. The largest absolute Gasteiger partial charge is 0.381 e. The summed E-state index contributed by atoms with van der Waals surface area (Å²) in [5, 5.41) is 0.0508. The van der Waals surface area contributed by atoms with E-state index in [2.05, 4.69) is 9.88 Å². The number of H-pyrrole nitrogens is 1. The van der Waals surface area contributed by atoms with E-state index in [-0.39, 0.29) is 16.8 Å². The minimum Gasteiger partial charge on any atom is -0.381 e. The Labute approximate surface area is 144 Å². The van der Waals surface area contributed by atoms with Crippen LogP contribution >= 0.6 is 11.6 Å². The second-order valence-corrected chi connectivity index (χ2v) is 7.10. The molecular weight excluding hydrogens is 333 g/mol. The highest BCUT2D eigenvalue weighted by Gasteiger charge is 2.28. The molecule has 0 saturated carbocycles. The number of hydrogen-bond donors (Lipinski definition) is 1. The monoisotopic (exact) mass is 353 g/mol. The number of benzene rings is 1. The number of nitrogens with one attached hydrogen (secondary N) is 1. The standard InChI is InChI=1S/C17H21ClFN3O2/c18-13-9-16-15(10-14(13)19)20-17(23)22(16)12-1-5-21(6-2-12)11-3-7-24-8-4-11/h9-12H,1-8H2,(H,20,23). The van der Waals surface area contributed by atoms with E-state index in [9.17, 15) is 9.18 Å². The summed E-state index contributed by atoms with van der Waals surface area (Å²) in [7, 11) is 0. The van der Waals surface area contributed by atoms with E-state index in [4.69, 9.17) is 16.3 Å². The molecule has 24 heavy (non-hydrogen) atoms. The van der Waals surface area contributed by atoms with Crippen LogP contribution in [0.3, 0.4) is 0 Å². The summed E-state index contributed by atoms with van der Waals surface area (Å²) in [5.74, 6) is -0.507. The fourth-order valence-corrected chi connectivity index (χ4v) is 4.20. The first-order chi connectivity index (χ1) is 11.6. The lowest BCUT2D eigenvalue weighted by atomic mass is 9.99. The maximum Gasteiger partial charge on any atom is 0.326 e. The maximum atomic E-state index is 13.6. The summed E-state index contributed by atoms with van der Waals surface area (Å²) >= 11 is 5.91. The zero-order valence-electron chi connectivity index (χ0n) is 13.4. The number of piperidine rings is 1. The second kappa shape index (κ2) is 6.50. The Morgan fingerprint density at radius 3 is 2.54 bits per heavy atom. The number of fused-ring (bicyclic) bond motifs is 1. The molecule has 0 bridgehead atoms. The van der Waals surface area contributed by atoms with Crippen LogP contribution in [0.2, 0.25) is 5.02 Å². The van der Waals surface area contributed by atoms with Crippen molar-refractivity contribution in [3.05, 3.63) is 33.5 Å². The first-order valence-corrected chi connectivity index (χ1v) is 8.92. The third-order valence-corrected chi connectivity index (χ3v) is 5.62. The van der Waals surface area contributed by atoms with E-state index in [0.717, 1.165) is 52.0 Å². The van der Waals surface area contributed by atoms with Crippen LogP contribution in [0.15, 0.2) is 16.9 Å². The highest BCUT2D eigenvalue weighted by atomic mass is 35.5. The fourth-order valence-electron chi connectivity index (χ4n) is 4.04. The molecule has 0 atom stereocenters. The number of aromatic amines is 1. The van der Waals surface area contributed by atoms with Gasteiger partial charge in [0.25, 0.3) is 0 Å². The zero-order chi connectivity index (χ0) is 16.7. The van der Waals surface area contributed by atoms with E-state index >= 15 is 0 Å². The van der Waals surface area contributed by atoms with Gasteiger partial charge in [-0.05, 0) is 31.7 Å². The van der Waals surface area contributed by atoms with Gasteiger partial charge >= 0.3 is 5.69 Å². The van der Waals surface area contributed by atoms with Crippen molar-refractivity contribution in [3.8, 4) is 0 Å². The third-order valence-electron chi connectivity index (χ3n) is 5.33. The van der Waals surface area contributed by atoms with Crippen LogP contribution in [-0.2, 0) is 4.74 Å². The molecule has 4 rings (SSSR count). The van der Waals surface area contributed by atoms with Crippen molar-refractivity contribution in [3.63, 3.8) is 0 Å². The molecule has 0 spiro atoms. The predicted octanol–water partition coefficient (Wildman–Crippen LogP) is 2.94. The molecule has 3 heterocycles. The fraction of sp³-hybridized carbons (Fsp3) is 0.588. The maximum absolute atomic E-state index is 13.6. The SMILES string of the molecule is O=c1[nH]c2cc(F)c(Cl)cc2n1C1CCN(C2CCOCC2)CC1. The Hall–Kier alpha value is -1.37. The lowest BCUT2D eigenvalue weighted by Crippen LogP contribution is -2.45. The zero-order valence-corrected chi connectivity index (χ0v) is 14.2. The summed E-state index contributed by atoms with van der Waals surface area (Å²) in [6, 6.07) is 3.58. The van der Waals surface area contributed by atoms with Crippen LogP contribution in [-0.4, -0.2) is 46.8 Å². The van der Waals surface area contributed by atoms with Crippen LogP contribution < -0.4 is 5.69 Å². The molecule has 0 amide bonds. The van der Waals surface area contributed by atoms with Crippen molar-refractivity contribution < 1.29 is 9.13 Å². The molecule has 2 saturated heterocycles. The van der Waals surface area contributed by atoms with Crippen LogP contribution in [0.25, 0.3) is 11.0 Å². The van der Waals surface area contributed by atoms with Crippen molar-refractivity contribution in [1.82, 2.24) is 14.5 Å². The first kappa shape index (κ1) is 16.1. The van der Waals surface area contributed by atoms with E-state index in [1.165, 1.54) is 6.07 Å². The van der Waals surface area contributed by atoms with Crippen molar-refractivity contribution >= 4 is 22.6 Å². The molecule has 7 heteroatoms. The molecule has 2 aliphatic rings. The number of rotatable bonds is 2. The predicted molar refractivity (Wildman–Crippen MR) is 91.2 cm³/mol. The van der Waals surface area contributed by atoms with Crippen molar-refractivity contribution in [2.45, 2.75) is 37.8 Å². The summed E-state index contributed by atoms with van der Waals surface area (Å²) in [6.45, 7) is 3.64. The van der Waals surface area contributed by atoms with Crippen molar-refractivity contribution in [2.75, 3.05) is 26.3 Å². The lowest BCUT2D eigenvalue weighted by molar-refractivity contribution is 0.0220. The number of nitrogens with zero attached hydrogens (tertiary/aromatic N) is 2. The Kier molecular flexibility index (Phi) is 4.37. The summed E-state index contributed by atoms with van der Waals surface area (Å²) in [6.07, 6.45) is 4.01. The van der Waals surface area contributed by atoms with Gasteiger partial charge < -0.3 is 14.6 Å². The van der Waals surface area contributed by atoms with Crippen LogP contribution in [0.1, 0.15) is 31.7 Å². The van der Waals surface area contributed by atoms with Gasteiger partial charge in [-0.25, -0.2) is 9.18 Å². The molecule has 2 aliphatic heterocycles. The number of hydrogen-bond acceptors (Lipinski definition) is 3. The second-order valence-electron chi connectivity index (χ2n) is 6.69. The molecule has 5 nitrogen and oxygen atoms in total. The minimum atomic E-state index is -0.507. The number of imidazole rings is 1. The summed E-state index contributed by atoms with van der Waals surface area (Å²) in [4.78, 5) is 17.6. The van der Waals surface area contributed by atoms with Crippen LogP contribution in [0.4, 0.5) is 4.39 Å². The van der Waals surface area contributed by atoms with E-state index in [0.29, 0.717) is 17.1 Å². The first-order valence-electron chi connectivity index (χ1n) is 8.54. The molecule has 1 aromatic heterocycles. The Morgan fingerprint density at radius 2 is 1.83 bits per heavy atom. The van der Waals surface area contributed by atoms with Crippen LogP contribution in [0.5, 0.6) is 0 Å². The Bertz CT molecular complexity index is 789. The number of likely N-dealkylation sites (tertiary alicyclic amines) is 1. The highest BCUT2D eigenvalue weighted by Crippen LogP contribution is 2.29. The van der Waals surface area contributed by atoms with Gasteiger partial charge in [-0.3, -0.25) is 4.57 Å². The normalized spacial score (nSPS) is 21.6. The van der Waals surface area contributed by atoms with Gasteiger partial charge in [0.2, 0.25) is 0 Å². The van der Waals surface area contributed by atoms with E-state index in [1.54, 1.807) is 10.6 Å². The van der Waals surface area contributed by atoms with Crippen molar-refractivity contribution in [2.24, 2.45) is 0 Å². The third kappa shape index (κ3) is 2.87. The smallest absolute Gasteiger partial charge is 0.326 e. The van der Waals surface area contributed by atoms with Crippen molar-refractivity contribution in [1.29, 1.82) is 0 Å². The van der Waals surface area contributed by atoms with Gasteiger partial charge in [0, 0.05) is 44.5 Å². The van der Waals surface area contributed by atoms with Gasteiger partial charge in [0.1, 0.15) is 5.82 Å². The van der Waals surface area contributed by atoms with Gasteiger partial charge in [-0.15, -0.1) is 0 Å². The van der Waals surface area contributed by atoms with Gasteiger partial charge in [0.15, 0.2) is 0 Å². The molecular formula is C17H21ClFN3O2. The van der Waals surface area contributed by atoms with E-state index in [1.807, 2.05) is 0 Å². The molecule has 2 aromatic rings. The lowest BCUT2D eigenvalue weighted by Gasteiger charge is -2.39. The average molecular weight is 354 g/mol. The quantitative estimate of drug-likeness (QED) is 0.903. The number of aromatic nitrogens is 2. The van der Waals surface area contributed by atoms with Crippen LogP contribution in [0, 0.1) is 5.82 Å². The molecule has 0 radical (unpaired) electrons. The van der Waals surface area contributed by atoms with Gasteiger partial charge in [-0.1, -0.05) is 11.6 Å². The molecule has 0 aliphatic carbocycles. The Morgan fingerprint density at radius 1 is 1.12 bits per heavy atom. The van der Waals surface area contributed by atoms with Gasteiger partial charge in [0.05, 0.1) is 16.1 Å². The topological polar surface area (TPSA) is 50.3 Å².